The molecule has 1 heterocycles. The van der Waals surface area contributed by atoms with Crippen molar-refractivity contribution in [1.29, 1.82) is 0 Å². The molecule has 1 unspecified atom stereocenters. The second kappa shape index (κ2) is 6.15. The fourth-order valence-corrected chi connectivity index (χ4v) is 1.02. The van der Waals surface area contributed by atoms with Crippen molar-refractivity contribution < 1.29 is 13.2 Å². The SMILES string of the molecule is CC(N)c1cccnc1C(F)(F)F.Cl.Cl. The summed E-state index contributed by atoms with van der Waals surface area (Å²) in [6.45, 7) is 1.49. The van der Waals surface area contributed by atoms with Gasteiger partial charge in [0.15, 0.2) is 0 Å². The Morgan fingerprint density at radius 3 is 2.20 bits per heavy atom. The lowest BCUT2D eigenvalue weighted by molar-refractivity contribution is -0.142. The largest absolute Gasteiger partial charge is 0.433 e. The Hall–Kier alpha value is -0.520. The van der Waals surface area contributed by atoms with Gasteiger partial charge in [-0.05, 0) is 18.6 Å². The molecule has 0 aromatic carbocycles. The molecule has 1 aromatic rings. The van der Waals surface area contributed by atoms with Crippen molar-refractivity contribution >= 4 is 24.8 Å². The Kier molecular flexibility index (Phi) is 6.92. The molecule has 7 heteroatoms. The van der Waals surface area contributed by atoms with Gasteiger partial charge in [-0.2, -0.15) is 13.2 Å². The summed E-state index contributed by atoms with van der Waals surface area (Å²) in [5.74, 6) is 0. The molecule has 1 aromatic heterocycles. The monoisotopic (exact) mass is 262 g/mol. The van der Waals surface area contributed by atoms with Crippen molar-refractivity contribution in [3.63, 3.8) is 0 Å². The predicted octanol–water partition coefficient (Wildman–Crippen LogP) is 2.96. The van der Waals surface area contributed by atoms with Crippen LogP contribution in [0.15, 0.2) is 18.3 Å². The number of aromatic nitrogens is 1. The first-order valence-corrected chi connectivity index (χ1v) is 3.70. The minimum atomic E-state index is -4.43. The summed E-state index contributed by atoms with van der Waals surface area (Å²) in [7, 11) is 0. The molecule has 0 aliphatic carbocycles. The molecule has 0 radical (unpaired) electrons. The maximum atomic E-state index is 12.3. The van der Waals surface area contributed by atoms with Gasteiger partial charge in [0.1, 0.15) is 5.69 Å². The average molecular weight is 263 g/mol. The molecule has 15 heavy (non-hydrogen) atoms. The maximum absolute atomic E-state index is 12.3. The number of hydrogen-bond donors (Lipinski definition) is 1. The highest BCUT2D eigenvalue weighted by Crippen LogP contribution is 2.31. The Bertz CT molecular complexity index is 302. The number of halogens is 5. The standard InChI is InChI=1S/C8H9F3N2.2ClH/c1-5(12)6-3-2-4-13-7(6)8(9,10)11;;/h2-5H,12H2,1H3;2*1H. The molecular weight excluding hydrogens is 252 g/mol. The minimum absolute atomic E-state index is 0. The van der Waals surface area contributed by atoms with Crippen LogP contribution in [0.3, 0.4) is 0 Å². The molecule has 2 N–H and O–H groups in total. The lowest BCUT2D eigenvalue weighted by Crippen LogP contribution is -2.16. The quantitative estimate of drug-likeness (QED) is 0.845. The van der Waals surface area contributed by atoms with Crippen LogP contribution in [0, 0.1) is 0 Å². The fourth-order valence-electron chi connectivity index (χ4n) is 1.02. The maximum Gasteiger partial charge on any atom is 0.433 e. The van der Waals surface area contributed by atoms with Gasteiger partial charge in [-0.3, -0.25) is 4.98 Å². The third-order valence-electron chi connectivity index (χ3n) is 1.60. The zero-order chi connectivity index (χ0) is 10.1. The van der Waals surface area contributed by atoms with Gasteiger partial charge >= 0.3 is 6.18 Å². The highest BCUT2D eigenvalue weighted by Gasteiger charge is 2.35. The van der Waals surface area contributed by atoms with Crippen LogP contribution in [0.4, 0.5) is 13.2 Å². The summed E-state index contributed by atoms with van der Waals surface area (Å²) in [6.07, 6.45) is -3.32. The van der Waals surface area contributed by atoms with Crippen molar-refractivity contribution in [1.82, 2.24) is 4.98 Å². The van der Waals surface area contributed by atoms with E-state index < -0.39 is 17.9 Å². The second-order valence-corrected chi connectivity index (χ2v) is 2.73. The molecule has 0 saturated carbocycles. The van der Waals surface area contributed by atoms with Gasteiger partial charge in [0, 0.05) is 12.2 Å². The van der Waals surface area contributed by atoms with E-state index >= 15 is 0 Å². The number of alkyl halides is 3. The van der Waals surface area contributed by atoms with E-state index in [1.54, 1.807) is 0 Å². The highest BCUT2D eigenvalue weighted by molar-refractivity contribution is 5.85. The molecule has 1 atom stereocenters. The van der Waals surface area contributed by atoms with E-state index in [2.05, 4.69) is 4.98 Å². The molecular formula is C8H11Cl2F3N2. The summed E-state index contributed by atoms with van der Waals surface area (Å²) in [4.78, 5) is 3.27. The molecule has 2 nitrogen and oxygen atoms in total. The molecule has 0 spiro atoms. The summed E-state index contributed by atoms with van der Waals surface area (Å²) >= 11 is 0. The zero-order valence-electron chi connectivity index (χ0n) is 7.78. The first-order valence-electron chi connectivity index (χ1n) is 3.70. The number of hydrogen-bond acceptors (Lipinski definition) is 2. The van der Waals surface area contributed by atoms with E-state index in [1.165, 1.54) is 19.1 Å². The van der Waals surface area contributed by atoms with Crippen molar-refractivity contribution in [2.75, 3.05) is 0 Å². The van der Waals surface area contributed by atoms with Crippen LogP contribution in [0.1, 0.15) is 24.2 Å². The van der Waals surface area contributed by atoms with E-state index in [4.69, 9.17) is 5.73 Å². The summed E-state index contributed by atoms with van der Waals surface area (Å²) in [5, 5.41) is 0. The molecule has 0 aliphatic rings. The Labute approximate surface area is 97.9 Å². The van der Waals surface area contributed by atoms with Crippen molar-refractivity contribution in [2.45, 2.75) is 19.1 Å². The van der Waals surface area contributed by atoms with Gasteiger partial charge in [0.25, 0.3) is 0 Å². The van der Waals surface area contributed by atoms with Crippen LogP contribution in [-0.4, -0.2) is 4.98 Å². The van der Waals surface area contributed by atoms with Crippen molar-refractivity contribution in [2.24, 2.45) is 5.73 Å². The number of pyridine rings is 1. The van der Waals surface area contributed by atoms with Gasteiger partial charge in [-0.1, -0.05) is 6.07 Å². The summed E-state index contributed by atoms with van der Waals surface area (Å²) in [6, 6.07) is 2.11. The molecule has 0 amide bonds. The fraction of sp³-hybridized carbons (Fsp3) is 0.375. The van der Waals surface area contributed by atoms with Crippen LogP contribution in [0.2, 0.25) is 0 Å². The molecule has 1 rings (SSSR count). The number of nitrogens with zero attached hydrogens (tertiary/aromatic N) is 1. The lowest BCUT2D eigenvalue weighted by Gasteiger charge is -2.13. The minimum Gasteiger partial charge on any atom is -0.324 e. The van der Waals surface area contributed by atoms with Crippen LogP contribution in [0.25, 0.3) is 0 Å². The highest BCUT2D eigenvalue weighted by atomic mass is 35.5. The molecule has 0 aliphatic heterocycles. The normalized spacial score (nSPS) is 12.3. The topological polar surface area (TPSA) is 38.9 Å². The van der Waals surface area contributed by atoms with Crippen molar-refractivity contribution in [3.8, 4) is 0 Å². The van der Waals surface area contributed by atoms with Gasteiger partial charge in [0.05, 0.1) is 0 Å². The molecule has 0 bridgehead atoms. The summed E-state index contributed by atoms with van der Waals surface area (Å²) in [5.41, 5.74) is 4.50. The Morgan fingerprint density at radius 1 is 1.33 bits per heavy atom. The van der Waals surface area contributed by atoms with Crippen molar-refractivity contribution in [3.05, 3.63) is 29.6 Å². The van der Waals surface area contributed by atoms with E-state index in [-0.39, 0.29) is 30.4 Å². The first-order chi connectivity index (χ1) is 5.93. The second-order valence-electron chi connectivity index (χ2n) is 2.73. The van der Waals surface area contributed by atoms with Gasteiger partial charge in [0.2, 0.25) is 0 Å². The number of nitrogens with two attached hydrogens (primary N) is 1. The van der Waals surface area contributed by atoms with Gasteiger partial charge in [-0.15, -0.1) is 24.8 Å². The van der Waals surface area contributed by atoms with E-state index in [0.29, 0.717) is 0 Å². The molecule has 88 valence electrons. The van der Waals surface area contributed by atoms with Crippen LogP contribution in [0.5, 0.6) is 0 Å². The van der Waals surface area contributed by atoms with Crippen LogP contribution in [-0.2, 0) is 6.18 Å². The third-order valence-corrected chi connectivity index (χ3v) is 1.60. The van der Waals surface area contributed by atoms with E-state index in [1.807, 2.05) is 0 Å². The predicted molar refractivity (Wildman–Crippen MR) is 56.3 cm³/mol. The van der Waals surface area contributed by atoms with Crippen LogP contribution < -0.4 is 5.73 Å². The van der Waals surface area contributed by atoms with E-state index in [0.717, 1.165) is 6.20 Å². The van der Waals surface area contributed by atoms with E-state index in [9.17, 15) is 13.2 Å². The third kappa shape index (κ3) is 4.24. The Balaban J connectivity index is 0. The smallest absolute Gasteiger partial charge is 0.324 e. The first kappa shape index (κ1) is 16.9. The molecule has 0 fully saturated rings. The van der Waals surface area contributed by atoms with Gasteiger partial charge in [-0.25, -0.2) is 0 Å². The summed E-state index contributed by atoms with van der Waals surface area (Å²) < 4.78 is 36.9. The number of rotatable bonds is 1. The lowest BCUT2D eigenvalue weighted by atomic mass is 10.1. The van der Waals surface area contributed by atoms with Gasteiger partial charge < -0.3 is 5.73 Å². The zero-order valence-corrected chi connectivity index (χ0v) is 9.42. The average Bonchev–Trinajstić information content (AvgIpc) is 2.03. The van der Waals surface area contributed by atoms with Crippen LogP contribution >= 0.6 is 24.8 Å². The Morgan fingerprint density at radius 2 is 1.87 bits per heavy atom. The molecule has 0 saturated heterocycles.